The van der Waals surface area contributed by atoms with Crippen LogP contribution in [0.15, 0.2) is 22.7 Å². The summed E-state index contributed by atoms with van der Waals surface area (Å²) in [5, 5.41) is 3.36. The highest BCUT2D eigenvalue weighted by Crippen LogP contribution is 2.27. The lowest BCUT2D eigenvalue weighted by Gasteiger charge is -2.11. The van der Waals surface area contributed by atoms with E-state index in [4.69, 9.17) is 4.74 Å². The first-order chi connectivity index (χ1) is 6.63. The zero-order valence-corrected chi connectivity index (χ0v) is 10.4. The summed E-state index contributed by atoms with van der Waals surface area (Å²) in [7, 11) is 1.68. The number of methoxy groups -OCH3 is 1. The fourth-order valence-corrected chi connectivity index (χ4v) is 1.47. The molecule has 0 radical (unpaired) electrons. The molecule has 1 aromatic carbocycles. The molecule has 0 saturated carbocycles. The van der Waals surface area contributed by atoms with Gasteiger partial charge in [0.1, 0.15) is 5.75 Å². The Morgan fingerprint density at radius 3 is 2.71 bits per heavy atom. The smallest absolute Gasteiger partial charge is 0.121 e. The van der Waals surface area contributed by atoms with Gasteiger partial charge in [-0.25, -0.2) is 0 Å². The van der Waals surface area contributed by atoms with Gasteiger partial charge in [0.15, 0.2) is 0 Å². The van der Waals surface area contributed by atoms with Crippen molar-refractivity contribution in [2.24, 2.45) is 5.92 Å². The van der Waals surface area contributed by atoms with Crippen molar-refractivity contribution in [2.75, 3.05) is 19.0 Å². The number of nitrogens with one attached hydrogen (secondary N) is 1. The summed E-state index contributed by atoms with van der Waals surface area (Å²) < 4.78 is 6.22. The third kappa shape index (κ3) is 3.22. The molecule has 3 heteroatoms. The number of hydrogen-bond donors (Lipinski definition) is 1. The molecule has 0 spiro atoms. The van der Waals surface area contributed by atoms with Crippen LogP contribution in [0.4, 0.5) is 5.69 Å². The molecule has 1 aromatic rings. The van der Waals surface area contributed by atoms with Crippen molar-refractivity contribution in [2.45, 2.75) is 13.8 Å². The predicted molar refractivity (Wildman–Crippen MR) is 64.0 cm³/mol. The van der Waals surface area contributed by atoms with Crippen molar-refractivity contribution in [1.82, 2.24) is 0 Å². The van der Waals surface area contributed by atoms with Gasteiger partial charge < -0.3 is 10.1 Å². The number of ether oxygens (including phenoxy) is 1. The molecule has 1 N–H and O–H groups in total. The summed E-state index contributed by atoms with van der Waals surface area (Å²) >= 11 is 3.49. The topological polar surface area (TPSA) is 21.3 Å². The van der Waals surface area contributed by atoms with Crippen molar-refractivity contribution in [3.05, 3.63) is 22.7 Å². The first-order valence-electron chi connectivity index (χ1n) is 4.71. The van der Waals surface area contributed by atoms with E-state index in [-0.39, 0.29) is 0 Å². The van der Waals surface area contributed by atoms with Gasteiger partial charge in [0.2, 0.25) is 0 Å². The Balaban J connectivity index is 2.73. The Morgan fingerprint density at radius 2 is 2.14 bits per heavy atom. The van der Waals surface area contributed by atoms with Gasteiger partial charge in [-0.3, -0.25) is 0 Å². The molecule has 0 heterocycles. The van der Waals surface area contributed by atoms with Crippen LogP contribution < -0.4 is 10.1 Å². The largest absolute Gasteiger partial charge is 0.497 e. The van der Waals surface area contributed by atoms with Gasteiger partial charge in [0, 0.05) is 17.1 Å². The van der Waals surface area contributed by atoms with Crippen molar-refractivity contribution in [3.63, 3.8) is 0 Å². The molecule has 0 unspecified atom stereocenters. The van der Waals surface area contributed by atoms with Crippen LogP contribution in [0.5, 0.6) is 5.75 Å². The Bertz CT molecular complexity index is 299. The molecular weight excluding hydrogens is 242 g/mol. The Hall–Kier alpha value is -0.700. The maximum atomic E-state index is 5.16. The summed E-state index contributed by atoms with van der Waals surface area (Å²) in [6.07, 6.45) is 0. The number of rotatable bonds is 4. The second-order valence-electron chi connectivity index (χ2n) is 3.62. The van der Waals surface area contributed by atoms with Gasteiger partial charge in [0.05, 0.1) is 12.8 Å². The molecule has 0 fully saturated rings. The van der Waals surface area contributed by atoms with Crippen LogP contribution in [0, 0.1) is 5.92 Å². The maximum Gasteiger partial charge on any atom is 0.121 e. The van der Waals surface area contributed by atoms with Crippen LogP contribution in [-0.2, 0) is 0 Å². The summed E-state index contributed by atoms with van der Waals surface area (Å²) in [5.41, 5.74) is 1.08. The maximum absolute atomic E-state index is 5.16. The first kappa shape index (κ1) is 11.4. The Labute approximate surface area is 93.8 Å². The number of anilines is 1. The highest BCUT2D eigenvalue weighted by molar-refractivity contribution is 9.10. The predicted octanol–water partition coefficient (Wildman–Crippen LogP) is 3.53. The number of benzene rings is 1. The van der Waals surface area contributed by atoms with Crippen molar-refractivity contribution in [3.8, 4) is 5.75 Å². The van der Waals surface area contributed by atoms with Gasteiger partial charge in [-0.15, -0.1) is 0 Å². The van der Waals surface area contributed by atoms with E-state index >= 15 is 0 Å². The van der Waals surface area contributed by atoms with E-state index in [0.717, 1.165) is 22.5 Å². The van der Waals surface area contributed by atoms with Gasteiger partial charge in [0.25, 0.3) is 0 Å². The standard InChI is InChI=1S/C11H16BrNO/c1-8(2)7-13-11-6-9(14-3)4-5-10(11)12/h4-6,8,13H,7H2,1-3H3. The molecule has 0 aliphatic carbocycles. The van der Waals surface area contributed by atoms with E-state index < -0.39 is 0 Å². The molecule has 0 aliphatic heterocycles. The normalized spacial score (nSPS) is 10.4. The van der Waals surface area contributed by atoms with Gasteiger partial charge >= 0.3 is 0 Å². The SMILES string of the molecule is COc1ccc(Br)c(NCC(C)C)c1. The van der Waals surface area contributed by atoms with Crippen LogP contribution >= 0.6 is 15.9 Å². The van der Waals surface area contributed by atoms with Crippen LogP contribution in [0.3, 0.4) is 0 Å². The molecule has 0 amide bonds. The lowest BCUT2D eigenvalue weighted by Crippen LogP contribution is -2.08. The number of halogens is 1. The summed E-state index contributed by atoms with van der Waals surface area (Å²) in [4.78, 5) is 0. The van der Waals surface area contributed by atoms with Crippen molar-refractivity contribution < 1.29 is 4.74 Å². The molecule has 2 nitrogen and oxygen atoms in total. The highest BCUT2D eigenvalue weighted by atomic mass is 79.9. The minimum atomic E-state index is 0.633. The molecule has 0 atom stereocenters. The van der Waals surface area contributed by atoms with E-state index in [0.29, 0.717) is 5.92 Å². The van der Waals surface area contributed by atoms with E-state index in [1.54, 1.807) is 7.11 Å². The summed E-state index contributed by atoms with van der Waals surface area (Å²) in [6, 6.07) is 5.92. The van der Waals surface area contributed by atoms with E-state index in [1.807, 2.05) is 18.2 Å². The van der Waals surface area contributed by atoms with Crippen molar-refractivity contribution in [1.29, 1.82) is 0 Å². The van der Waals surface area contributed by atoms with E-state index in [9.17, 15) is 0 Å². The quantitative estimate of drug-likeness (QED) is 0.892. The minimum Gasteiger partial charge on any atom is -0.497 e. The molecule has 1 rings (SSSR count). The average Bonchev–Trinajstić information content (AvgIpc) is 2.16. The van der Waals surface area contributed by atoms with Crippen LogP contribution in [-0.4, -0.2) is 13.7 Å². The highest BCUT2D eigenvalue weighted by Gasteiger charge is 2.02. The lowest BCUT2D eigenvalue weighted by molar-refractivity contribution is 0.415. The van der Waals surface area contributed by atoms with E-state index in [1.165, 1.54) is 0 Å². The number of hydrogen-bond acceptors (Lipinski definition) is 2. The average molecular weight is 258 g/mol. The third-order valence-electron chi connectivity index (χ3n) is 1.87. The monoisotopic (exact) mass is 257 g/mol. The second-order valence-corrected chi connectivity index (χ2v) is 4.47. The molecular formula is C11H16BrNO. The van der Waals surface area contributed by atoms with Gasteiger partial charge in [-0.1, -0.05) is 13.8 Å². The Morgan fingerprint density at radius 1 is 1.43 bits per heavy atom. The first-order valence-corrected chi connectivity index (χ1v) is 5.50. The van der Waals surface area contributed by atoms with Crippen LogP contribution in [0.2, 0.25) is 0 Å². The molecule has 0 aliphatic rings. The third-order valence-corrected chi connectivity index (χ3v) is 2.57. The fourth-order valence-electron chi connectivity index (χ4n) is 1.08. The minimum absolute atomic E-state index is 0.633. The Kier molecular flexibility index (Phi) is 4.26. The van der Waals surface area contributed by atoms with Gasteiger partial charge in [-0.2, -0.15) is 0 Å². The van der Waals surface area contributed by atoms with E-state index in [2.05, 4.69) is 35.1 Å². The van der Waals surface area contributed by atoms with Crippen LogP contribution in [0.1, 0.15) is 13.8 Å². The molecule has 0 aromatic heterocycles. The van der Waals surface area contributed by atoms with Gasteiger partial charge in [-0.05, 0) is 34.0 Å². The zero-order chi connectivity index (χ0) is 10.6. The van der Waals surface area contributed by atoms with Crippen LogP contribution in [0.25, 0.3) is 0 Å². The lowest BCUT2D eigenvalue weighted by atomic mass is 10.2. The van der Waals surface area contributed by atoms with Crippen molar-refractivity contribution >= 4 is 21.6 Å². The molecule has 0 saturated heterocycles. The molecule has 0 bridgehead atoms. The zero-order valence-electron chi connectivity index (χ0n) is 8.80. The summed E-state index contributed by atoms with van der Waals surface area (Å²) in [5.74, 6) is 1.51. The molecule has 78 valence electrons. The summed E-state index contributed by atoms with van der Waals surface area (Å²) in [6.45, 7) is 5.33. The fraction of sp³-hybridized carbons (Fsp3) is 0.455. The second kappa shape index (κ2) is 5.25. The molecule has 14 heavy (non-hydrogen) atoms.